The average molecular weight is 634 g/mol. The van der Waals surface area contributed by atoms with E-state index in [0.717, 1.165) is 10.5 Å². The first-order chi connectivity index (χ1) is 18.7. The van der Waals surface area contributed by atoms with Gasteiger partial charge in [-0.3, -0.25) is 14.9 Å². The number of nitrogens with zero attached hydrogens (tertiary/aromatic N) is 1. The van der Waals surface area contributed by atoms with Gasteiger partial charge in [-0.15, -0.1) is 0 Å². The third kappa shape index (κ3) is 6.55. The second-order valence-corrected chi connectivity index (χ2v) is 9.87. The molecule has 4 rings (SSSR count). The van der Waals surface area contributed by atoms with Gasteiger partial charge in [-0.2, -0.15) is 0 Å². The second-order valence-electron chi connectivity index (χ2n) is 8.17. The van der Waals surface area contributed by atoms with Crippen molar-refractivity contribution in [2.24, 2.45) is 0 Å². The standard InChI is InChI=1S/C28H23BrCl2N2O6/c1-3-37-20-9-7-19(8-10-20)33-27(35)21(26(34)32-28(33)36)11-16-12-22(29)25(24(13-16)38-4-2)39-15-17-5-6-18(30)14-23(17)31/h5-14H,3-4,15H2,1-2H3,(H,32,34,36)/b21-11-. The van der Waals surface area contributed by atoms with Gasteiger partial charge in [0.25, 0.3) is 11.8 Å². The molecule has 0 saturated carbocycles. The molecule has 39 heavy (non-hydrogen) atoms. The van der Waals surface area contributed by atoms with Crippen molar-refractivity contribution in [1.29, 1.82) is 0 Å². The number of carbonyl (C=O) groups excluding carboxylic acids is 3. The molecule has 0 aromatic heterocycles. The fraction of sp³-hybridized carbons (Fsp3) is 0.179. The summed E-state index contributed by atoms with van der Waals surface area (Å²) < 4.78 is 17.7. The summed E-state index contributed by atoms with van der Waals surface area (Å²) in [6.07, 6.45) is 1.39. The Hall–Kier alpha value is -3.53. The highest BCUT2D eigenvalue weighted by atomic mass is 79.9. The van der Waals surface area contributed by atoms with Crippen LogP contribution in [0.1, 0.15) is 25.0 Å². The normalized spacial score (nSPS) is 14.4. The molecule has 202 valence electrons. The van der Waals surface area contributed by atoms with E-state index in [2.05, 4.69) is 21.2 Å². The lowest BCUT2D eigenvalue weighted by Gasteiger charge is -2.26. The van der Waals surface area contributed by atoms with E-state index in [4.69, 9.17) is 37.4 Å². The first-order valence-electron chi connectivity index (χ1n) is 11.9. The maximum Gasteiger partial charge on any atom is 0.335 e. The van der Waals surface area contributed by atoms with E-state index in [1.165, 1.54) is 6.08 Å². The third-order valence-corrected chi connectivity index (χ3v) is 6.71. The fourth-order valence-electron chi connectivity index (χ4n) is 3.78. The highest BCUT2D eigenvalue weighted by Crippen LogP contribution is 2.39. The number of nitrogens with one attached hydrogen (secondary N) is 1. The minimum absolute atomic E-state index is 0.148. The molecule has 4 amide bonds. The summed E-state index contributed by atoms with van der Waals surface area (Å²) in [6.45, 7) is 4.62. The van der Waals surface area contributed by atoms with Gasteiger partial charge in [0.15, 0.2) is 11.5 Å². The minimum Gasteiger partial charge on any atom is -0.494 e. The van der Waals surface area contributed by atoms with Crippen molar-refractivity contribution in [1.82, 2.24) is 5.32 Å². The Morgan fingerprint density at radius 3 is 2.31 bits per heavy atom. The van der Waals surface area contributed by atoms with Gasteiger partial charge in [0.2, 0.25) is 0 Å². The molecule has 0 spiro atoms. The number of carbonyl (C=O) groups is 3. The molecule has 11 heteroatoms. The average Bonchev–Trinajstić information content (AvgIpc) is 2.88. The molecule has 0 atom stereocenters. The SMILES string of the molecule is CCOc1ccc(N2C(=O)NC(=O)/C(=C/c3cc(Br)c(OCc4ccc(Cl)cc4Cl)c(OCC)c3)C2=O)cc1. The first kappa shape index (κ1) is 28.5. The van der Waals surface area contributed by atoms with Crippen LogP contribution in [0.2, 0.25) is 10.0 Å². The lowest BCUT2D eigenvalue weighted by atomic mass is 10.1. The highest BCUT2D eigenvalue weighted by molar-refractivity contribution is 9.10. The molecule has 1 heterocycles. The van der Waals surface area contributed by atoms with E-state index in [9.17, 15) is 14.4 Å². The summed E-state index contributed by atoms with van der Waals surface area (Å²) in [6, 6.07) is 14.0. The minimum atomic E-state index is -0.841. The summed E-state index contributed by atoms with van der Waals surface area (Å²) in [7, 11) is 0. The van der Waals surface area contributed by atoms with E-state index in [1.807, 2.05) is 13.8 Å². The molecule has 1 N–H and O–H groups in total. The number of barbiturate groups is 1. The number of imide groups is 2. The molecule has 0 unspecified atom stereocenters. The van der Waals surface area contributed by atoms with Crippen LogP contribution in [-0.2, 0) is 16.2 Å². The molecule has 3 aromatic rings. The van der Waals surface area contributed by atoms with E-state index >= 15 is 0 Å². The Labute approximate surface area is 243 Å². The predicted octanol–water partition coefficient (Wildman–Crippen LogP) is 6.80. The zero-order valence-electron chi connectivity index (χ0n) is 20.9. The molecule has 1 fully saturated rings. The van der Waals surface area contributed by atoms with Crippen molar-refractivity contribution < 1.29 is 28.6 Å². The molecule has 1 saturated heterocycles. The number of ether oxygens (including phenoxy) is 3. The van der Waals surface area contributed by atoms with Crippen LogP contribution in [0.15, 0.2) is 64.6 Å². The van der Waals surface area contributed by atoms with Gasteiger partial charge in [0, 0.05) is 15.6 Å². The number of benzene rings is 3. The van der Waals surface area contributed by atoms with Crippen LogP contribution in [0, 0.1) is 0 Å². The second kappa shape index (κ2) is 12.5. The van der Waals surface area contributed by atoms with Gasteiger partial charge in [-0.05, 0) is 89.9 Å². The predicted molar refractivity (Wildman–Crippen MR) is 153 cm³/mol. The monoisotopic (exact) mass is 632 g/mol. The van der Waals surface area contributed by atoms with Crippen molar-refractivity contribution in [2.45, 2.75) is 20.5 Å². The molecule has 8 nitrogen and oxygen atoms in total. The van der Waals surface area contributed by atoms with Crippen LogP contribution >= 0.6 is 39.1 Å². The van der Waals surface area contributed by atoms with Crippen LogP contribution in [0.4, 0.5) is 10.5 Å². The highest BCUT2D eigenvalue weighted by Gasteiger charge is 2.37. The largest absolute Gasteiger partial charge is 0.494 e. The number of urea groups is 1. The summed E-state index contributed by atoms with van der Waals surface area (Å²) in [5.74, 6) is -0.187. The lowest BCUT2D eigenvalue weighted by Crippen LogP contribution is -2.54. The molecular weight excluding hydrogens is 611 g/mol. The van der Waals surface area contributed by atoms with Gasteiger partial charge in [-0.25, -0.2) is 9.69 Å². The van der Waals surface area contributed by atoms with E-state index in [0.29, 0.717) is 56.2 Å². The van der Waals surface area contributed by atoms with E-state index in [1.54, 1.807) is 54.6 Å². The van der Waals surface area contributed by atoms with Crippen LogP contribution in [0.5, 0.6) is 17.2 Å². The van der Waals surface area contributed by atoms with Crippen molar-refractivity contribution >= 4 is 68.7 Å². The van der Waals surface area contributed by atoms with Crippen LogP contribution < -0.4 is 24.4 Å². The Bertz CT molecular complexity index is 1460. The summed E-state index contributed by atoms with van der Waals surface area (Å²) in [4.78, 5) is 39.4. The third-order valence-electron chi connectivity index (χ3n) is 5.54. The van der Waals surface area contributed by atoms with Crippen molar-refractivity contribution in [2.75, 3.05) is 18.1 Å². The van der Waals surface area contributed by atoms with Gasteiger partial charge in [0.1, 0.15) is 17.9 Å². The molecule has 0 bridgehead atoms. The number of rotatable bonds is 9. The first-order valence-corrected chi connectivity index (χ1v) is 13.4. The van der Waals surface area contributed by atoms with Gasteiger partial charge < -0.3 is 14.2 Å². The molecule has 0 aliphatic carbocycles. The molecular formula is C28H23BrCl2N2O6. The fourth-order valence-corrected chi connectivity index (χ4v) is 4.82. The topological polar surface area (TPSA) is 94.2 Å². The quantitative estimate of drug-likeness (QED) is 0.206. The molecule has 3 aromatic carbocycles. The Kier molecular flexibility index (Phi) is 9.16. The van der Waals surface area contributed by atoms with Crippen LogP contribution in [0.25, 0.3) is 6.08 Å². The van der Waals surface area contributed by atoms with Crippen molar-refractivity contribution in [3.63, 3.8) is 0 Å². The van der Waals surface area contributed by atoms with Crippen molar-refractivity contribution in [3.8, 4) is 17.2 Å². The lowest BCUT2D eigenvalue weighted by molar-refractivity contribution is -0.122. The maximum atomic E-state index is 13.3. The van der Waals surface area contributed by atoms with Gasteiger partial charge >= 0.3 is 6.03 Å². The van der Waals surface area contributed by atoms with Crippen LogP contribution in [-0.4, -0.2) is 31.1 Å². The Morgan fingerprint density at radius 1 is 0.923 bits per heavy atom. The summed E-state index contributed by atoms with van der Waals surface area (Å²) in [5.41, 5.74) is 1.27. The summed E-state index contributed by atoms with van der Waals surface area (Å²) >= 11 is 15.7. The number of hydrogen-bond acceptors (Lipinski definition) is 6. The zero-order chi connectivity index (χ0) is 28.1. The van der Waals surface area contributed by atoms with Gasteiger partial charge in [-0.1, -0.05) is 29.3 Å². The molecule has 1 aliphatic heterocycles. The number of amides is 4. The van der Waals surface area contributed by atoms with E-state index in [-0.39, 0.29) is 12.2 Å². The van der Waals surface area contributed by atoms with Gasteiger partial charge in [0.05, 0.1) is 23.4 Å². The van der Waals surface area contributed by atoms with Crippen molar-refractivity contribution in [3.05, 3.63) is 85.8 Å². The van der Waals surface area contributed by atoms with Crippen LogP contribution in [0.3, 0.4) is 0 Å². The smallest absolute Gasteiger partial charge is 0.335 e. The zero-order valence-corrected chi connectivity index (χ0v) is 24.0. The Morgan fingerprint density at radius 2 is 1.64 bits per heavy atom. The number of halogens is 3. The molecule has 0 radical (unpaired) electrons. The number of hydrogen-bond donors (Lipinski definition) is 1. The van der Waals surface area contributed by atoms with E-state index < -0.39 is 17.8 Å². The Balaban J connectivity index is 1.63. The number of anilines is 1. The molecule has 1 aliphatic rings. The summed E-state index contributed by atoms with van der Waals surface area (Å²) in [5, 5.41) is 3.20. The maximum absolute atomic E-state index is 13.3.